The van der Waals surface area contributed by atoms with E-state index in [1.54, 1.807) is 4.90 Å². The number of aromatic nitrogens is 2. The van der Waals surface area contributed by atoms with Crippen molar-refractivity contribution in [1.82, 2.24) is 9.55 Å². The number of para-hydroxylation sites is 2. The molecule has 5 aromatic rings. The number of hydrogen-bond donors (Lipinski definition) is 0. The molecule has 4 aromatic carbocycles. The quantitative estimate of drug-likeness (QED) is 0.145. The van der Waals surface area contributed by atoms with Crippen LogP contribution < -0.4 is 10.5 Å². The van der Waals surface area contributed by atoms with E-state index in [0.29, 0.717) is 11.7 Å². The van der Waals surface area contributed by atoms with E-state index in [1.165, 1.54) is 17.3 Å². The monoisotopic (exact) mass is 583 g/mol. The van der Waals surface area contributed by atoms with Crippen molar-refractivity contribution >= 4 is 29.0 Å². The predicted octanol–water partition coefficient (Wildman–Crippen LogP) is 7.78. The van der Waals surface area contributed by atoms with Gasteiger partial charge in [0.15, 0.2) is 5.16 Å². The fourth-order valence-electron chi connectivity index (χ4n) is 6.84. The first kappa shape index (κ1) is 27.4. The summed E-state index contributed by atoms with van der Waals surface area (Å²) in [5.74, 6) is 0.0599. The summed E-state index contributed by atoms with van der Waals surface area (Å²) in [7, 11) is 0. The minimum atomic E-state index is -0.178. The molecule has 0 aliphatic heterocycles. The first-order valence-corrected chi connectivity index (χ1v) is 15.9. The Labute approximate surface area is 256 Å². The molecule has 7 rings (SSSR count). The topological polar surface area (TPSA) is 55.2 Å². The van der Waals surface area contributed by atoms with E-state index in [4.69, 9.17) is 4.98 Å². The van der Waals surface area contributed by atoms with Crippen molar-refractivity contribution in [2.45, 2.75) is 49.2 Å². The smallest absolute Gasteiger partial charge is 0.258 e. The first-order valence-electron chi connectivity index (χ1n) is 15.0. The number of nitrogens with zero attached hydrogens (tertiary/aromatic N) is 3. The molecule has 2 aliphatic rings. The lowest BCUT2D eigenvalue weighted by Crippen LogP contribution is -2.40. The maximum atomic E-state index is 14.6. The molecule has 1 aromatic heterocycles. The van der Waals surface area contributed by atoms with Crippen molar-refractivity contribution in [3.8, 4) is 11.3 Å². The zero-order valence-electron chi connectivity index (χ0n) is 24.0. The van der Waals surface area contributed by atoms with Crippen LogP contribution in [0.4, 0.5) is 11.4 Å². The van der Waals surface area contributed by atoms with Gasteiger partial charge in [0.25, 0.3) is 5.56 Å². The van der Waals surface area contributed by atoms with E-state index in [9.17, 15) is 9.59 Å². The number of thioether (sulfide) groups is 1. The van der Waals surface area contributed by atoms with Crippen LogP contribution in [0.1, 0.15) is 42.4 Å². The van der Waals surface area contributed by atoms with Gasteiger partial charge in [0.1, 0.15) is 0 Å². The molecule has 1 saturated carbocycles. The maximum absolute atomic E-state index is 14.6. The molecule has 0 saturated heterocycles. The molecule has 0 N–H and O–H groups in total. The molecular weight excluding hydrogens is 550 g/mol. The van der Waals surface area contributed by atoms with Gasteiger partial charge >= 0.3 is 0 Å². The lowest BCUT2D eigenvalue weighted by molar-refractivity contribution is -0.115. The fraction of sp³-hybridized carbons (Fsp3) is 0.216. The number of carbonyl (C=O) groups excluding carboxylic acids is 1. The van der Waals surface area contributed by atoms with Crippen LogP contribution in [0.3, 0.4) is 0 Å². The summed E-state index contributed by atoms with van der Waals surface area (Å²) in [5, 5.41) is 0.576. The number of anilines is 2. The van der Waals surface area contributed by atoms with Crippen LogP contribution in [-0.2, 0) is 23.2 Å². The van der Waals surface area contributed by atoms with Crippen LogP contribution in [-0.4, -0.2) is 21.2 Å². The molecule has 0 unspecified atom stereocenters. The zero-order chi connectivity index (χ0) is 29.2. The van der Waals surface area contributed by atoms with Gasteiger partial charge in [-0.05, 0) is 54.7 Å². The lowest BCUT2D eigenvalue weighted by Gasteiger charge is -2.36. The highest BCUT2D eigenvalue weighted by molar-refractivity contribution is 7.99. The fourth-order valence-corrected chi connectivity index (χ4v) is 7.68. The third kappa shape index (κ3) is 5.21. The Hall–Kier alpha value is -4.42. The average molecular weight is 584 g/mol. The molecule has 1 spiro atoms. The van der Waals surface area contributed by atoms with Crippen LogP contribution in [0, 0.1) is 0 Å². The van der Waals surface area contributed by atoms with Crippen LogP contribution in [0.5, 0.6) is 0 Å². The van der Waals surface area contributed by atoms with Gasteiger partial charge in [0.05, 0.1) is 23.6 Å². The molecule has 43 heavy (non-hydrogen) atoms. The second-order valence-corrected chi connectivity index (χ2v) is 12.4. The van der Waals surface area contributed by atoms with Gasteiger partial charge < -0.3 is 0 Å². The third-order valence-electron chi connectivity index (χ3n) is 8.81. The second-order valence-electron chi connectivity index (χ2n) is 11.5. The molecule has 214 valence electrons. The minimum absolute atomic E-state index is 0.0307. The second kappa shape index (κ2) is 11.7. The van der Waals surface area contributed by atoms with Gasteiger partial charge in [-0.2, -0.15) is 0 Å². The van der Waals surface area contributed by atoms with E-state index in [2.05, 4.69) is 18.2 Å². The molecular formula is C37H33N3O2S. The number of fused-ring (bicyclic) bond motifs is 4. The summed E-state index contributed by atoms with van der Waals surface area (Å²) in [5.41, 5.74) is 6.46. The van der Waals surface area contributed by atoms with E-state index in [1.807, 2.05) is 102 Å². The number of amides is 1. The zero-order valence-corrected chi connectivity index (χ0v) is 24.8. The molecule has 6 heteroatoms. The normalized spacial score (nSPS) is 14.7. The van der Waals surface area contributed by atoms with Gasteiger partial charge in [-0.15, -0.1) is 0 Å². The van der Waals surface area contributed by atoms with Gasteiger partial charge in [-0.3, -0.25) is 19.1 Å². The van der Waals surface area contributed by atoms with E-state index < -0.39 is 0 Å². The van der Waals surface area contributed by atoms with E-state index >= 15 is 0 Å². The van der Waals surface area contributed by atoms with Crippen LogP contribution in [0.15, 0.2) is 125 Å². The van der Waals surface area contributed by atoms with Gasteiger partial charge in [-0.25, -0.2) is 4.98 Å². The molecule has 0 radical (unpaired) electrons. The van der Waals surface area contributed by atoms with Crippen molar-refractivity contribution in [3.05, 3.63) is 142 Å². The number of carbonyl (C=O) groups is 1. The summed E-state index contributed by atoms with van der Waals surface area (Å²) in [6, 6.07) is 37.8. The van der Waals surface area contributed by atoms with Crippen molar-refractivity contribution in [2.24, 2.45) is 0 Å². The van der Waals surface area contributed by atoms with Gasteiger partial charge in [-0.1, -0.05) is 116 Å². The van der Waals surface area contributed by atoms with Crippen LogP contribution in [0.25, 0.3) is 11.3 Å². The van der Waals surface area contributed by atoms with E-state index in [0.717, 1.165) is 65.9 Å². The summed E-state index contributed by atoms with van der Waals surface area (Å²) < 4.78 is 1.81. The largest absolute Gasteiger partial charge is 0.283 e. The predicted molar refractivity (Wildman–Crippen MR) is 174 cm³/mol. The first-order chi connectivity index (χ1) is 21.1. The molecule has 0 bridgehead atoms. The van der Waals surface area contributed by atoms with Crippen LogP contribution >= 0.6 is 11.8 Å². The van der Waals surface area contributed by atoms with E-state index in [-0.39, 0.29) is 22.6 Å². The highest BCUT2D eigenvalue weighted by Crippen LogP contribution is 2.50. The highest BCUT2D eigenvalue weighted by atomic mass is 32.2. The Morgan fingerprint density at radius 3 is 2.02 bits per heavy atom. The number of rotatable bonds is 7. The van der Waals surface area contributed by atoms with Gasteiger partial charge in [0, 0.05) is 22.4 Å². The standard InChI is InChI=1S/C37H33N3O2S/c41-32(40(29-17-6-2-7-18-29)30-19-8-3-9-20-30)26-43-36-38-34-31-21-11-10-16-28(31)24-37(22-12-13-23-37)33(34)35(42)39(36)25-27-14-4-1-5-15-27/h1-11,14-21H,12-13,22-26H2. The Morgan fingerprint density at radius 1 is 0.791 bits per heavy atom. The number of benzene rings is 4. The van der Waals surface area contributed by atoms with Crippen molar-refractivity contribution in [1.29, 1.82) is 0 Å². The third-order valence-corrected chi connectivity index (χ3v) is 9.77. The molecule has 1 amide bonds. The van der Waals surface area contributed by atoms with Crippen LogP contribution in [0.2, 0.25) is 0 Å². The summed E-state index contributed by atoms with van der Waals surface area (Å²) >= 11 is 1.35. The lowest BCUT2D eigenvalue weighted by atomic mass is 9.68. The Bertz CT molecular complexity index is 1770. The Kier molecular flexibility index (Phi) is 7.45. The molecule has 5 nitrogen and oxygen atoms in total. The summed E-state index contributed by atoms with van der Waals surface area (Å²) in [6.45, 7) is 0.412. The van der Waals surface area contributed by atoms with Gasteiger partial charge in [0.2, 0.25) is 5.91 Å². The van der Waals surface area contributed by atoms with Crippen molar-refractivity contribution in [3.63, 3.8) is 0 Å². The summed E-state index contributed by atoms with van der Waals surface area (Å²) in [4.78, 5) is 35.6. The average Bonchev–Trinajstić information content (AvgIpc) is 3.51. The Balaban J connectivity index is 1.32. The summed E-state index contributed by atoms with van der Waals surface area (Å²) in [6.07, 6.45) is 5.14. The Morgan fingerprint density at radius 2 is 1.37 bits per heavy atom. The molecule has 0 atom stereocenters. The molecule has 1 heterocycles. The minimum Gasteiger partial charge on any atom is -0.283 e. The maximum Gasteiger partial charge on any atom is 0.258 e. The molecule has 1 fully saturated rings. The molecule has 2 aliphatic carbocycles. The number of hydrogen-bond acceptors (Lipinski definition) is 4. The highest BCUT2D eigenvalue weighted by Gasteiger charge is 2.44. The van der Waals surface area contributed by atoms with Crippen molar-refractivity contribution in [2.75, 3.05) is 10.7 Å². The van der Waals surface area contributed by atoms with Crippen molar-refractivity contribution < 1.29 is 4.79 Å². The SMILES string of the molecule is O=C(CSc1nc2c(c(=O)n1Cc1ccccc1)C1(CCCC1)Cc1ccccc1-2)N(c1ccccc1)c1ccccc1.